The second-order valence-electron chi connectivity index (χ2n) is 4.85. The summed E-state index contributed by atoms with van der Waals surface area (Å²) >= 11 is 0. The van der Waals surface area contributed by atoms with E-state index in [1.807, 2.05) is 24.3 Å². The standard InChI is InChI=1S/C14H20N2O/c1-16-7-5-12(6-8-16)14(17)13-4-2-3-11(9-13)10-15/h2-4,9,12H,5-8,10,15H2,1H3. The molecule has 0 unspecified atom stereocenters. The molecule has 0 radical (unpaired) electrons. The Labute approximate surface area is 103 Å². The molecule has 0 bridgehead atoms. The van der Waals surface area contributed by atoms with Gasteiger partial charge in [0.15, 0.2) is 5.78 Å². The monoisotopic (exact) mass is 232 g/mol. The lowest BCUT2D eigenvalue weighted by Gasteiger charge is -2.28. The van der Waals surface area contributed by atoms with Crippen molar-refractivity contribution >= 4 is 5.78 Å². The number of benzene rings is 1. The van der Waals surface area contributed by atoms with Gasteiger partial charge in [-0.15, -0.1) is 0 Å². The van der Waals surface area contributed by atoms with Crippen LogP contribution in [0.3, 0.4) is 0 Å². The van der Waals surface area contributed by atoms with Crippen LogP contribution in [-0.4, -0.2) is 30.8 Å². The molecule has 1 saturated heterocycles. The number of likely N-dealkylation sites (tertiary alicyclic amines) is 1. The van der Waals surface area contributed by atoms with Crippen molar-refractivity contribution < 1.29 is 4.79 Å². The number of nitrogens with two attached hydrogens (primary N) is 1. The number of ketones is 1. The zero-order valence-electron chi connectivity index (χ0n) is 10.4. The maximum atomic E-state index is 12.3. The van der Waals surface area contributed by atoms with Crippen molar-refractivity contribution in [2.45, 2.75) is 19.4 Å². The highest BCUT2D eigenvalue weighted by atomic mass is 16.1. The van der Waals surface area contributed by atoms with Crippen LogP contribution in [0.4, 0.5) is 0 Å². The van der Waals surface area contributed by atoms with Crippen molar-refractivity contribution in [1.29, 1.82) is 0 Å². The third-order valence-corrected chi connectivity index (χ3v) is 3.54. The molecule has 0 aliphatic carbocycles. The van der Waals surface area contributed by atoms with Gasteiger partial charge >= 0.3 is 0 Å². The summed E-state index contributed by atoms with van der Waals surface area (Å²) in [6.45, 7) is 2.54. The van der Waals surface area contributed by atoms with E-state index in [1.54, 1.807) is 0 Å². The van der Waals surface area contributed by atoms with Crippen LogP contribution >= 0.6 is 0 Å². The van der Waals surface area contributed by atoms with Crippen LogP contribution in [-0.2, 0) is 6.54 Å². The maximum Gasteiger partial charge on any atom is 0.166 e. The van der Waals surface area contributed by atoms with Crippen LogP contribution in [0.1, 0.15) is 28.8 Å². The fraction of sp³-hybridized carbons (Fsp3) is 0.500. The van der Waals surface area contributed by atoms with Gasteiger partial charge in [-0.1, -0.05) is 18.2 Å². The summed E-state index contributed by atoms with van der Waals surface area (Å²) < 4.78 is 0. The van der Waals surface area contributed by atoms with Gasteiger partial charge in [0.2, 0.25) is 0 Å². The van der Waals surface area contributed by atoms with E-state index >= 15 is 0 Å². The molecular weight excluding hydrogens is 212 g/mol. The van der Waals surface area contributed by atoms with Crippen LogP contribution in [0, 0.1) is 5.92 Å². The first-order valence-electron chi connectivity index (χ1n) is 6.22. The molecule has 0 spiro atoms. The number of carbonyl (C=O) groups excluding carboxylic acids is 1. The van der Waals surface area contributed by atoms with Gasteiger partial charge in [0.25, 0.3) is 0 Å². The highest BCUT2D eigenvalue weighted by Gasteiger charge is 2.24. The smallest absolute Gasteiger partial charge is 0.166 e. The zero-order chi connectivity index (χ0) is 12.3. The number of hydrogen-bond acceptors (Lipinski definition) is 3. The minimum atomic E-state index is 0.194. The zero-order valence-corrected chi connectivity index (χ0v) is 10.4. The molecule has 2 N–H and O–H groups in total. The molecule has 92 valence electrons. The van der Waals surface area contributed by atoms with Gasteiger partial charge in [0.05, 0.1) is 0 Å². The first-order valence-corrected chi connectivity index (χ1v) is 6.22. The van der Waals surface area contributed by atoms with E-state index in [2.05, 4.69) is 11.9 Å². The second-order valence-corrected chi connectivity index (χ2v) is 4.85. The minimum absolute atomic E-state index is 0.194. The molecular formula is C14H20N2O. The van der Waals surface area contributed by atoms with E-state index in [1.165, 1.54) is 0 Å². The molecule has 1 aliphatic heterocycles. The van der Waals surface area contributed by atoms with Gasteiger partial charge in [0.1, 0.15) is 0 Å². The van der Waals surface area contributed by atoms with Crippen LogP contribution < -0.4 is 5.73 Å². The lowest BCUT2D eigenvalue weighted by molar-refractivity contribution is 0.0856. The molecule has 0 atom stereocenters. The molecule has 0 saturated carbocycles. The lowest BCUT2D eigenvalue weighted by atomic mass is 9.88. The van der Waals surface area contributed by atoms with Gasteiger partial charge < -0.3 is 10.6 Å². The Kier molecular flexibility index (Phi) is 3.92. The fourth-order valence-electron chi connectivity index (χ4n) is 2.36. The summed E-state index contributed by atoms with van der Waals surface area (Å²) in [5.74, 6) is 0.479. The maximum absolute atomic E-state index is 12.3. The second kappa shape index (κ2) is 5.43. The van der Waals surface area contributed by atoms with Crippen LogP contribution in [0.2, 0.25) is 0 Å². The van der Waals surface area contributed by atoms with Gasteiger partial charge in [-0.3, -0.25) is 4.79 Å². The quantitative estimate of drug-likeness (QED) is 0.806. The summed E-state index contributed by atoms with van der Waals surface area (Å²) in [6.07, 6.45) is 1.95. The molecule has 2 rings (SSSR count). The Bertz CT molecular complexity index is 395. The number of rotatable bonds is 3. The summed E-state index contributed by atoms with van der Waals surface area (Å²) in [6, 6.07) is 7.72. The van der Waals surface area contributed by atoms with E-state index in [0.29, 0.717) is 6.54 Å². The first-order chi connectivity index (χ1) is 8.20. The predicted octanol–water partition coefficient (Wildman–Crippen LogP) is 1.67. The fourth-order valence-corrected chi connectivity index (χ4v) is 2.36. The van der Waals surface area contributed by atoms with Gasteiger partial charge in [-0.25, -0.2) is 0 Å². The average molecular weight is 232 g/mol. The lowest BCUT2D eigenvalue weighted by Crippen LogP contribution is -2.33. The van der Waals surface area contributed by atoms with Crippen molar-refractivity contribution in [2.24, 2.45) is 11.7 Å². The van der Waals surface area contributed by atoms with Crippen molar-refractivity contribution in [1.82, 2.24) is 4.90 Å². The van der Waals surface area contributed by atoms with Gasteiger partial charge in [-0.2, -0.15) is 0 Å². The Hall–Kier alpha value is -1.19. The van der Waals surface area contributed by atoms with E-state index in [4.69, 9.17) is 5.73 Å². The average Bonchev–Trinajstić information content (AvgIpc) is 2.39. The summed E-state index contributed by atoms with van der Waals surface area (Å²) in [5.41, 5.74) is 7.45. The third-order valence-electron chi connectivity index (χ3n) is 3.54. The summed E-state index contributed by atoms with van der Waals surface area (Å²) in [5, 5.41) is 0. The van der Waals surface area contributed by atoms with Crippen molar-refractivity contribution in [3.63, 3.8) is 0 Å². The van der Waals surface area contributed by atoms with E-state index in [-0.39, 0.29) is 11.7 Å². The molecule has 1 aromatic carbocycles. The van der Waals surface area contributed by atoms with Crippen LogP contribution in [0.25, 0.3) is 0 Å². The van der Waals surface area contributed by atoms with Crippen LogP contribution in [0.5, 0.6) is 0 Å². The Balaban J connectivity index is 2.08. The number of piperidine rings is 1. The number of Topliss-reactive ketones (excluding diaryl/α,β-unsaturated/α-hetero) is 1. The van der Waals surface area contributed by atoms with Gasteiger partial charge in [0, 0.05) is 18.0 Å². The Morgan fingerprint density at radius 1 is 1.41 bits per heavy atom. The summed E-state index contributed by atoms with van der Waals surface area (Å²) in [4.78, 5) is 14.6. The molecule has 3 nitrogen and oxygen atoms in total. The molecule has 3 heteroatoms. The van der Waals surface area contributed by atoms with Crippen LogP contribution in [0.15, 0.2) is 24.3 Å². The molecule has 0 aromatic heterocycles. The summed E-state index contributed by atoms with van der Waals surface area (Å²) in [7, 11) is 2.11. The third kappa shape index (κ3) is 2.93. The SMILES string of the molecule is CN1CCC(C(=O)c2cccc(CN)c2)CC1. The Morgan fingerprint density at radius 2 is 2.12 bits per heavy atom. The molecule has 17 heavy (non-hydrogen) atoms. The van der Waals surface area contributed by atoms with Crippen molar-refractivity contribution in [3.05, 3.63) is 35.4 Å². The predicted molar refractivity (Wildman–Crippen MR) is 68.9 cm³/mol. The highest BCUT2D eigenvalue weighted by molar-refractivity contribution is 5.98. The largest absolute Gasteiger partial charge is 0.326 e. The highest BCUT2D eigenvalue weighted by Crippen LogP contribution is 2.21. The van der Waals surface area contributed by atoms with E-state index in [0.717, 1.165) is 37.1 Å². The Morgan fingerprint density at radius 3 is 2.76 bits per heavy atom. The molecule has 1 aromatic rings. The minimum Gasteiger partial charge on any atom is -0.326 e. The van der Waals surface area contributed by atoms with Gasteiger partial charge in [-0.05, 0) is 44.6 Å². The number of hydrogen-bond donors (Lipinski definition) is 1. The first kappa shape index (κ1) is 12.3. The van der Waals surface area contributed by atoms with Crippen molar-refractivity contribution in [3.8, 4) is 0 Å². The van der Waals surface area contributed by atoms with E-state index < -0.39 is 0 Å². The van der Waals surface area contributed by atoms with E-state index in [9.17, 15) is 4.79 Å². The van der Waals surface area contributed by atoms with Crippen molar-refractivity contribution in [2.75, 3.05) is 20.1 Å². The molecule has 1 fully saturated rings. The topological polar surface area (TPSA) is 46.3 Å². The molecule has 1 heterocycles. The molecule has 0 amide bonds. The number of carbonyl (C=O) groups is 1. The normalized spacial score (nSPS) is 18.2. The molecule has 1 aliphatic rings. The number of nitrogens with zero attached hydrogens (tertiary/aromatic N) is 1.